The van der Waals surface area contributed by atoms with Crippen molar-refractivity contribution in [3.63, 3.8) is 0 Å². The van der Waals surface area contributed by atoms with E-state index in [0.717, 1.165) is 19.5 Å². The minimum absolute atomic E-state index is 0.0640. The molecule has 4 nitrogen and oxygen atoms in total. The van der Waals surface area contributed by atoms with Gasteiger partial charge < -0.3 is 13.7 Å². The highest BCUT2D eigenvalue weighted by Crippen LogP contribution is 2.17. The van der Waals surface area contributed by atoms with E-state index in [1.807, 2.05) is 14.0 Å². The third-order valence-electron chi connectivity index (χ3n) is 4.07. The molecule has 0 N–H and O–H groups in total. The second-order valence-corrected chi connectivity index (χ2v) is 16.9. The number of rotatable bonds is 12. The molecule has 0 fully saturated rings. The Morgan fingerprint density at radius 2 is 1.59 bits per heavy atom. The molecule has 0 unspecified atom stereocenters. The molecule has 6 heteroatoms. The molecular formula is C16H37NO3Si2. The van der Waals surface area contributed by atoms with E-state index in [1.54, 1.807) is 0 Å². The molecule has 0 spiro atoms. The molecule has 0 saturated carbocycles. The number of hydrogen-bond acceptors (Lipinski definition) is 4. The molecule has 0 aliphatic rings. The zero-order chi connectivity index (χ0) is 17.2. The van der Waals surface area contributed by atoms with Crippen LogP contribution in [0.5, 0.6) is 0 Å². The highest BCUT2D eigenvalue weighted by atomic mass is 28.4. The Hall–Kier alpha value is -0.176. The molecule has 0 aliphatic heterocycles. The Bertz CT molecular complexity index is 317. The maximum atomic E-state index is 11.4. The molecule has 22 heavy (non-hydrogen) atoms. The standard InChI is InChI=1S/C16H37NO3Si2/c1-8-20-16(18)12-11-14-17(21(3,4)5)13-9-10-15-22(6,7)19-2/h8-15H2,1-7H3. The maximum absolute atomic E-state index is 11.4. The summed E-state index contributed by atoms with van der Waals surface area (Å²) in [6.45, 7) is 16.2. The Kier molecular flexibility index (Phi) is 10.5. The van der Waals surface area contributed by atoms with Crippen LogP contribution in [0, 0.1) is 0 Å². The number of carbonyl (C=O) groups excluding carboxylic acids is 1. The summed E-state index contributed by atoms with van der Waals surface area (Å²) in [7, 11) is -0.890. The van der Waals surface area contributed by atoms with E-state index in [0.29, 0.717) is 13.0 Å². The molecule has 0 bridgehead atoms. The summed E-state index contributed by atoms with van der Waals surface area (Å²) in [5.74, 6) is -0.0640. The van der Waals surface area contributed by atoms with Gasteiger partial charge in [0.05, 0.1) is 6.61 Å². The molecule has 0 heterocycles. The zero-order valence-electron chi connectivity index (χ0n) is 15.8. The second kappa shape index (κ2) is 10.6. The van der Waals surface area contributed by atoms with Crippen LogP contribution >= 0.6 is 0 Å². The fourth-order valence-corrected chi connectivity index (χ4v) is 5.35. The fourth-order valence-electron chi connectivity index (χ4n) is 2.39. The lowest BCUT2D eigenvalue weighted by atomic mass is 10.3. The van der Waals surface area contributed by atoms with E-state index >= 15 is 0 Å². The molecule has 0 amide bonds. The van der Waals surface area contributed by atoms with Gasteiger partial charge in [-0.05, 0) is 52.0 Å². The van der Waals surface area contributed by atoms with Gasteiger partial charge in [0.25, 0.3) is 0 Å². The van der Waals surface area contributed by atoms with E-state index in [4.69, 9.17) is 9.16 Å². The van der Waals surface area contributed by atoms with Crippen LogP contribution in [0.15, 0.2) is 0 Å². The van der Waals surface area contributed by atoms with Gasteiger partial charge in [-0.15, -0.1) is 0 Å². The Morgan fingerprint density at radius 1 is 1.00 bits per heavy atom. The van der Waals surface area contributed by atoms with Gasteiger partial charge in [0, 0.05) is 13.5 Å². The lowest BCUT2D eigenvalue weighted by Crippen LogP contribution is -2.47. The van der Waals surface area contributed by atoms with Crippen LogP contribution in [-0.2, 0) is 14.0 Å². The van der Waals surface area contributed by atoms with Gasteiger partial charge in [0.2, 0.25) is 0 Å². The van der Waals surface area contributed by atoms with Gasteiger partial charge in [-0.3, -0.25) is 4.79 Å². The molecule has 0 aliphatic carbocycles. The smallest absolute Gasteiger partial charge is 0.305 e. The van der Waals surface area contributed by atoms with Gasteiger partial charge in [0.15, 0.2) is 8.32 Å². The molecule has 0 aromatic heterocycles. The van der Waals surface area contributed by atoms with Crippen LogP contribution in [0.25, 0.3) is 0 Å². The number of nitrogens with zero attached hydrogens (tertiary/aromatic N) is 1. The first-order valence-electron chi connectivity index (χ1n) is 8.58. The van der Waals surface area contributed by atoms with Crippen molar-refractivity contribution >= 4 is 22.5 Å². The van der Waals surface area contributed by atoms with Gasteiger partial charge in [-0.1, -0.05) is 26.1 Å². The highest BCUT2D eigenvalue weighted by Gasteiger charge is 2.24. The van der Waals surface area contributed by atoms with Crippen LogP contribution in [0.4, 0.5) is 0 Å². The molecule has 0 radical (unpaired) electrons. The van der Waals surface area contributed by atoms with Crippen molar-refractivity contribution in [2.45, 2.75) is 71.4 Å². The molecule has 0 aromatic rings. The Labute approximate surface area is 139 Å². The van der Waals surface area contributed by atoms with Crippen molar-refractivity contribution in [2.75, 3.05) is 26.8 Å². The lowest BCUT2D eigenvalue weighted by Gasteiger charge is -2.34. The summed E-state index contributed by atoms with van der Waals surface area (Å²) in [5.41, 5.74) is 0. The third kappa shape index (κ3) is 10.5. The second-order valence-electron chi connectivity index (χ2n) is 7.49. The SMILES string of the molecule is CCOC(=O)CCCN(CCCC[Si](C)(C)OC)[Si](C)(C)C. The molecule has 0 aromatic carbocycles. The molecule has 0 atom stereocenters. The van der Waals surface area contributed by atoms with Gasteiger partial charge in [-0.2, -0.15) is 0 Å². The van der Waals surface area contributed by atoms with Crippen molar-refractivity contribution in [3.8, 4) is 0 Å². The third-order valence-corrected chi connectivity index (χ3v) is 9.08. The monoisotopic (exact) mass is 347 g/mol. The van der Waals surface area contributed by atoms with Gasteiger partial charge in [0.1, 0.15) is 8.24 Å². The summed E-state index contributed by atoms with van der Waals surface area (Å²) in [6.07, 6.45) is 3.91. The Morgan fingerprint density at radius 3 is 2.09 bits per heavy atom. The van der Waals surface area contributed by atoms with Crippen molar-refractivity contribution in [3.05, 3.63) is 0 Å². The normalized spacial score (nSPS) is 12.7. The van der Waals surface area contributed by atoms with Gasteiger partial charge in [-0.25, -0.2) is 0 Å². The zero-order valence-corrected chi connectivity index (χ0v) is 17.8. The van der Waals surface area contributed by atoms with Crippen LogP contribution < -0.4 is 0 Å². The number of ether oxygens (including phenoxy) is 1. The van der Waals surface area contributed by atoms with Gasteiger partial charge >= 0.3 is 5.97 Å². The largest absolute Gasteiger partial charge is 0.466 e. The first-order chi connectivity index (χ1) is 10.1. The van der Waals surface area contributed by atoms with Crippen LogP contribution in [0.2, 0.25) is 38.8 Å². The maximum Gasteiger partial charge on any atom is 0.305 e. The molecule has 132 valence electrons. The number of unbranched alkanes of at least 4 members (excludes halogenated alkanes) is 1. The predicted molar refractivity (Wildman–Crippen MR) is 99.3 cm³/mol. The van der Waals surface area contributed by atoms with E-state index in [2.05, 4.69) is 37.3 Å². The fraction of sp³-hybridized carbons (Fsp3) is 0.938. The summed E-state index contributed by atoms with van der Waals surface area (Å²) in [4.78, 5) is 11.4. The first kappa shape index (κ1) is 21.8. The van der Waals surface area contributed by atoms with Crippen molar-refractivity contribution in [2.24, 2.45) is 0 Å². The number of carbonyl (C=O) groups is 1. The van der Waals surface area contributed by atoms with Crippen molar-refractivity contribution < 1.29 is 14.0 Å². The van der Waals surface area contributed by atoms with Crippen LogP contribution in [0.3, 0.4) is 0 Å². The average Bonchev–Trinajstić information content (AvgIpc) is 2.40. The predicted octanol–water partition coefficient (Wildman–Crippen LogP) is 4.10. The first-order valence-corrected chi connectivity index (χ1v) is 15.1. The van der Waals surface area contributed by atoms with E-state index in [1.165, 1.54) is 18.9 Å². The van der Waals surface area contributed by atoms with Crippen molar-refractivity contribution in [1.82, 2.24) is 4.57 Å². The Balaban J connectivity index is 4.12. The number of esters is 1. The molecular weight excluding hydrogens is 310 g/mol. The summed E-state index contributed by atoms with van der Waals surface area (Å²) < 4.78 is 13.2. The molecule has 0 rings (SSSR count). The minimum atomic E-state index is -1.41. The van der Waals surface area contributed by atoms with E-state index in [-0.39, 0.29) is 5.97 Å². The highest BCUT2D eigenvalue weighted by molar-refractivity contribution is 6.73. The average molecular weight is 348 g/mol. The summed E-state index contributed by atoms with van der Waals surface area (Å²) in [6, 6.07) is 1.23. The van der Waals surface area contributed by atoms with Crippen LogP contribution in [0.1, 0.15) is 32.6 Å². The summed E-state index contributed by atoms with van der Waals surface area (Å²) in [5, 5.41) is 0. The topological polar surface area (TPSA) is 38.8 Å². The van der Waals surface area contributed by atoms with E-state index < -0.39 is 16.6 Å². The molecule has 0 saturated heterocycles. The quantitative estimate of drug-likeness (QED) is 0.303. The summed E-state index contributed by atoms with van der Waals surface area (Å²) >= 11 is 0. The number of hydrogen-bond donors (Lipinski definition) is 0. The van der Waals surface area contributed by atoms with E-state index in [9.17, 15) is 4.79 Å². The van der Waals surface area contributed by atoms with Crippen LogP contribution in [-0.4, -0.2) is 53.9 Å². The minimum Gasteiger partial charge on any atom is -0.466 e. The van der Waals surface area contributed by atoms with Crippen molar-refractivity contribution in [1.29, 1.82) is 0 Å². The lowest BCUT2D eigenvalue weighted by molar-refractivity contribution is -0.143.